The Morgan fingerprint density at radius 1 is 0.760 bits per heavy atom. The number of hydrogen-bond acceptors (Lipinski definition) is 2. The van der Waals surface area contributed by atoms with E-state index in [4.69, 9.17) is 5.73 Å². The van der Waals surface area contributed by atoms with Crippen molar-refractivity contribution in [3.63, 3.8) is 0 Å². The highest BCUT2D eigenvalue weighted by molar-refractivity contribution is 5.78. The van der Waals surface area contributed by atoms with Crippen molar-refractivity contribution >= 4 is 11.5 Å². The fourth-order valence-electron chi connectivity index (χ4n) is 2.56. The highest BCUT2D eigenvalue weighted by Gasteiger charge is 1.97. The lowest BCUT2D eigenvalue weighted by molar-refractivity contribution is -0.116. The third-order valence-electron chi connectivity index (χ3n) is 4.09. The van der Waals surface area contributed by atoms with Crippen molar-refractivity contribution in [2.24, 2.45) is 0 Å². The number of Topliss-reactive ketones (excluding diaryl/α,β-unsaturated/α-hetero) is 1. The van der Waals surface area contributed by atoms with Crippen LogP contribution in [0.5, 0.6) is 0 Å². The Bertz CT molecular complexity index is 599. The van der Waals surface area contributed by atoms with Crippen molar-refractivity contribution in [3.8, 4) is 0 Å². The number of unbranched alkanes of at least 4 members (excludes halogenated alkanes) is 2. The summed E-state index contributed by atoms with van der Waals surface area (Å²) >= 11 is 0. The second kappa shape index (κ2) is 12.3. The van der Waals surface area contributed by atoms with Crippen LogP contribution in [-0.4, -0.2) is 5.78 Å². The summed E-state index contributed by atoms with van der Waals surface area (Å²) in [5, 5.41) is 0. The number of anilines is 1. The van der Waals surface area contributed by atoms with E-state index in [2.05, 4.69) is 50.2 Å². The highest BCUT2D eigenvalue weighted by Crippen LogP contribution is 2.09. The Labute approximate surface area is 153 Å². The van der Waals surface area contributed by atoms with Crippen molar-refractivity contribution in [3.05, 3.63) is 65.2 Å². The first-order valence-electron chi connectivity index (χ1n) is 9.46. The average molecular weight is 340 g/mol. The smallest absolute Gasteiger partial charge is 0.134 e. The second-order valence-corrected chi connectivity index (χ2v) is 6.64. The van der Waals surface area contributed by atoms with Gasteiger partial charge in [-0.3, -0.25) is 4.79 Å². The zero-order chi connectivity index (χ0) is 18.5. The Kier molecular flexibility index (Phi) is 10.3. The second-order valence-electron chi connectivity index (χ2n) is 6.64. The lowest BCUT2D eigenvalue weighted by Crippen LogP contribution is -1.96. The van der Waals surface area contributed by atoms with E-state index in [1.54, 1.807) is 6.92 Å². The number of carbonyl (C=O) groups is 1. The van der Waals surface area contributed by atoms with Crippen LogP contribution in [-0.2, 0) is 24.1 Å². The van der Waals surface area contributed by atoms with Crippen LogP contribution in [0.4, 0.5) is 5.69 Å². The summed E-state index contributed by atoms with van der Waals surface area (Å²) < 4.78 is 0. The van der Waals surface area contributed by atoms with E-state index < -0.39 is 0 Å². The SMILES string of the molecule is CCCCc1ccc(CC(C)=O)cc1.CCCCc1ccc(N)cc1. The monoisotopic (exact) mass is 339 g/mol. The molecule has 0 atom stereocenters. The molecule has 0 spiro atoms. The normalized spacial score (nSPS) is 10.0. The molecule has 2 rings (SSSR count). The van der Waals surface area contributed by atoms with Crippen LogP contribution >= 0.6 is 0 Å². The van der Waals surface area contributed by atoms with Gasteiger partial charge in [-0.15, -0.1) is 0 Å². The molecule has 0 amide bonds. The van der Waals surface area contributed by atoms with Crippen molar-refractivity contribution < 1.29 is 4.79 Å². The van der Waals surface area contributed by atoms with Crippen LogP contribution in [0.25, 0.3) is 0 Å². The van der Waals surface area contributed by atoms with E-state index >= 15 is 0 Å². The maximum atomic E-state index is 10.9. The molecule has 25 heavy (non-hydrogen) atoms. The van der Waals surface area contributed by atoms with Crippen molar-refractivity contribution in [2.75, 3.05) is 5.73 Å². The van der Waals surface area contributed by atoms with Gasteiger partial charge in [0.1, 0.15) is 5.78 Å². The molecule has 0 saturated heterocycles. The van der Waals surface area contributed by atoms with Gasteiger partial charge in [-0.25, -0.2) is 0 Å². The molecule has 136 valence electrons. The number of rotatable bonds is 8. The average Bonchev–Trinajstić information content (AvgIpc) is 2.61. The van der Waals surface area contributed by atoms with Crippen LogP contribution in [0.3, 0.4) is 0 Å². The van der Waals surface area contributed by atoms with Crippen LogP contribution in [0.2, 0.25) is 0 Å². The maximum absolute atomic E-state index is 10.9. The van der Waals surface area contributed by atoms with Crippen molar-refractivity contribution in [2.45, 2.75) is 65.7 Å². The van der Waals surface area contributed by atoms with Crippen LogP contribution in [0, 0.1) is 0 Å². The predicted molar refractivity (Wildman–Crippen MR) is 109 cm³/mol. The van der Waals surface area contributed by atoms with E-state index in [1.807, 2.05) is 12.1 Å². The number of nitrogens with two attached hydrogens (primary N) is 1. The van der Waals surface area contributed by atoms with Gasteiger partial charge in [0.05, 0.1) is 0 Å². The summed E-state index contributed by atoms with van der Waals surface area (Å²) in [6, 6.07) is 16.5. The topological polar surface area (TPSA) is 43.1 Å². The molecule has 0 heterocycles. The van der Waals surface area contributed by atoms with Crippen LogP contribution in [0.1, 0.15) is 63.1 Å². The summed E-state index contributed by atoms with van der Waals surface area (Å²) in [5.41, 5.74) is 10.3. The molecule has 2 nitrogen and oxygen atoms in total. The van der Waals surface area contributed by atoms with Gasteiger partial charge in [-0.05, 0) is 61.4 Å². The molecule has 0 aromatic heterocycles. The Morgan fingerprint density at radius 2 is 1.16 bits per heavy atom. The Hall–Kier alpha value is -2.09. The molecule has 0 aliphatic heterocycles. The fraction of sp³-hybridized carbons (Fsp3) is 0.435. The number of carbonyl (C=O) groups excluding carboxylic acids is 1. The molecular weight excluding hydrogens is 306 g/mol. The zero-order valence-electron chi connectivity index (χ0n) is 16.1. The maximum Gasteiger partial charge on any atom is 0.134 e. The van der Waals surface area contributed by atoms with Gasteiger partial charge in [0.2, 0.25) is 0 Å². The third-order valence-corrected chi connectivity index (χ3v) is 4.09. The fourth-order valence-corrected chi connectivity index (χ4v) is 2.56. The summed E-state index contributed by atoms with van der Waals surface area (Å²) in [6.45, 7) is 6.03. The molecule has 2 heteroatoms. The molecule has 2 aromatic rings. The quantitative estimate of drug-likeness (QED) is 0.620. The van der Waals surface area contributed by atoms with Gasteiger partial charge in [0.15, 0.2) is 0 Å². The standard InChI is InChI=1S/C13H18O.C10H15N/c1-3-4-5-12-6-8-13(9-7-12)10-11(2)14;1-2-3-4-9-5-7-10(11)8-6-9/h6-9H,3-5,10H2,1-2H3;5-8H,2-4,11H2,1H3. The van der Waals surface area contributed by atoms with Gasteiger partial charge >= 0.3 is 0 Å². The summed E-state index contributed by atoms with van der Waals surface area (Å²) in [4.78, 5) is 10.9. The lowest BCUT2D eigenvalue weighted by Gasteiger charge is -2.01. The minimum atomic E-state index is 0.228. The molecule has 0 bridgehead atoms. The number of nitrogen functional groups attached to an aromatic ring is 1. The molecule has 0 aliphatic rings. The molecule has 0 saturated carbocycles. The summed E-state index contributed by atoms with van der Waals surface area (Å²) in [6.07, 6.45) is 7.89. The zero-order valence-corrected chi connectivity index (χ0v) is 16.1. The van der Waals surface area contributed by atoms with E-state index in [9.17, 15) is 4.79 Å². The molecular formula is C23H33NO. The largest absolute Gasteiger partial charge is 0.399 e. The summed E-state index contributed by atoms with van der Waals surface area (Å²) in [5.74, 6) is 0.228. The first-order valence-corrected chi connectivity index (χ1v) is 9.46. The van der Waals surface area contributed by atoms with Gasteiger partial charge in [0, 0.05) is 12.1 Å². The van der Waals surface area contributed by atoms with Crippen LogP contribution < -0.4 is 5.73 Å². The third kappa shape index (κ3) is 9.71. The predicted octanol–water partition coefficient (Wildman–Crippen LogP) is 5.77. The Balaban J connectivity index is 0.000000257. The van der Waals surface area contributed by atoms with Crippen molar-refractivity contribution in [1.82, 2.24) is 0 Å². The van der Waals surface area contributed by atoms with Crippen molar-refractivity contribution in [1.29, 1.82) is 0 Å². The molecule has 0 unspecified atom stereocenters. The van der Waals surface area contributed by atoms with Gasteiger partial charge in [-0.1, -0.05) is 63.1 Å². The number of benzene rings is 2. The molecule has 2 N–H and O–H groups in total. The summed E-state index contributed by atoms with van der Waals surface area (Å²) in [7, 11) is 0. The Morgan fingerprint density at radius 3 is 1.56 bits per heavy atom. The van der Waals surface area contributed by atoms with Gasteiger partial charge in [0.25, 0.3) is 0 Å². The van der Waals surface area contributed by atoms with Crippen LogP contribution in [0.15, 0.2) is 48.5 Å². The van der Waals surface area contributed by atoms with E-state index in [0.29, 0.717) is 6.42 Å². The van der Waals surface area contributed by atoms with E-state index in [1.165, 1.54) is 43.2 Å². The lowest BCUT2D eigenvalue weighted by atomic mass is 10.0. The highest BCUT2D eigenvalue weighted by atomic mass is 16.1. The van der Waals surface area contributed by atoms with E-state index in [0.717, 1.165) is 17.7 Å². The molecule has 0 fully saturated rings. The van der Waals surface area contributed by atoms with Gasteiger partial charge in [-0.2, -0.15) is 0 Å². The number of aryl methyl sites for hydroxylation is 2. The molecule has 0 aliphatic carbocycles. The molecule has 2 aromatic carbocycles. The first-order chi connectivity index (χ1) is 12.0. The molecule has 0 radical (unpaired) electrons. The first kappa shape index (κ1) is 21.0. The van der Waals surface area contributed by atoms with Gasteiger partial charge < -0.3 is 5.73 Å². The number of hydrogen-bond donors (Lipinski definition) is 1. The minimum Gasteiger partial charge on any atom is -0.399 e. The van der Waals surface area contributed by atoms with E-state index in [-0.39, 0.29) is 5.78 Å². The number of ketones is 1. The minimum absolute atomic E-state index is 0.228.